The van der Waals surface area contributed by atoms with Gasteiger partial charge in [0, 0.05) is 12.0 Å². The minimum absolute atomic E-state index is 0.0743. The average molecular weight is 230 g/mol. The number of hydrogen-bond donors (Lipinski definition) is 0. The summed E-state index contributed by atoms with van der Waals surface area (Å²) in [5.41, 5.74) is 0. The van der Waals surface area contributed by atoms with Crippen LogP contribution in [0.5, 0.6) is 0 Å². The molecule has 3 heterocycles. The third kappa shape index (κ3) is 1.87. The Labute approximate surface area is 100 Å². The van der Waals surface area contributed by atoms with E-state index in [4.69, 9.17) is 9.47 Å². The van der Waals surface area contributed by atoms with Crippen molar-refractivity contribution in [2.24, 2.45) is 11.8 Å². The summed E-state index contributed by atoms with van der Waals surface area (Å²) in [6, 6.07) is 0. The smallest absolute Gasteiger partial charge is 0.336 e. The summed E-state index contributed by atoms with van der Waals surface area (Å²) >= 11 is 0. The lowest BCUT2D eigenvalue weighted by Crippen LogP contribution is -2.17. The fourth-order valence-corrected chi connectivity index (χ4v) is 2.52. The number of fused-ring (bicyclic) bond motifs is 2. The third-order valence-corrected chi connectivity index (χ3v) is 3.49. The highest BCUT2D eigenvalue weighted by Crippen LogP contribution is 2.37. The molecule has 3 heteroatoms. The molecular weight excluding hydrogens is 216 g/mol. The fraction of sp³-hybridized carbons (Fsp3) is 0.357. The molecular formula is C14H14O3. The molecule has 0 aromatic rings. The molecule has 0 aromatic heterocycles. The van der Waals surface area contributed by atoms with Gasteiger partial charge in [-0.05, 0) is 18.1 Å². The van der Waals surface area contributed by atoms with Crippen molar-refractivity contribution in [2.45, 2.75) is 19.1 Å². The molecule has 0 aliphatic carbocycles. The molecule has 0 radical (unpaired) electrons. The van der Waals surface area contributed by atoms with Crippen molar-refractivity contribution in [2.75, 3.05) is 0 Å². The van der Waals surface area contributed by atoms with Gasteiger partial charge < -0.3 is 9.47 Å². The van der Waals surface area contributed by atoms with Crippen LogP contribution in [0.1, 0.15) is 6.92 Å². The molecule has 4 atom stereocenters. The first kappa shape index (κ1) is 10.5. The topological polar surface area (TPSA) is 35.5 Å². The number of carbonyl (C=O) groups excluding carboxylic acids is 1. The number of hydrogen-bond acceptors (Lipinski definition) is 3. The summed E-state index contributed by atoms with van der Waals surface area (Å²) in [7, 11) is 0. The lowest BCUT2D eigenvalue weighted by atomic mass is 9.86. The Hall–Kier alpha value is -1.61. The van der Waals surface area contributed by atoms with Crippen molar-refractivity contribution in [3.8, 4) is 0 Å². The van der Waals surface area contributed by atoms with E-state index in [9.17, 15) is 4.79 Å². The van der Waals surface area contributed by atoms with E-state index < -0.39 is 0 Å². The van der Waals surface area contributed by atoms with Crippen molar-refractivity contribution >= 4 is 5.97 Å². The van der Waals surface area contributed by atoms with Gasteiger partial charge in [-0.2, -0.15) is 0 Å². The maximum atomic E-state index is 11.0. The van der Waals surface area contributed by atoms with Gasteiger partial charge in [-0.1, -0.05) is 31.2 Å². The number of cyclic esters (lactones) is 1. The molecule has 3 aliphatic rings. The summed E-state index contributed by atoms with van der Waals surface area (Å²) in [6.07, 6.45) is 13.6. The number of carbonyl (C=O) groups is 1. The Bertz CT molecular complexity index is 456. The van der Waals surface area contributed by atoms with Gasteiger partial charge >= 0.3 is 5.97 Å². The standard InChI is InChI=1S/C14H14O3/c1-9-11(8-10-6-7-14(15)16-10)13-5-3-2-4-12(9)17-13/h2-9,11-13H,1H3. The first-order valence-corrected chi connectivity index (χ1v) is 5.86. The van der Waals surface area contributed by atoms with Crippen LogP contribution in [-0.4, -0.2) is 18.2 Å². The Morgan fingerprint density at radius 2 is 1.94 bits per heavy atom. The van der Waals surface area contributed by atoms with Gasteiger partial charge in [-0.25, -0.2) is 4.79 Å². The van der Waals surface area contributed by atoms with Crippen molar-refractivity contribution in [1.82, 2.24) is 0 Å². The van der Waals surface area contributed by atoms with Crippen LogP contribution in [0, 0.1) is 11.8 Å². The molecule has 0 aromatic carbocycles. The van der Waals surface area contributed by atoms with Crippen molar-refractivity contribution in [3.63, 3.8) is 0 Å². The Kier molecular flexibility index (Phi) is 2.48. The van der Waals surface area contributed by atoms with Crippen LogP contribution >= 0.6 is 0 Å². The summed E-state index contributed by atoms with van der Waals surface area (Å²) < 4.78 is 11.0. The monoisotopic (exact) mass is 230 g/mol. The Morgan fingerprint density at radius 1 is 1.18 bits per heavy atom. The molecule has 3 nitrogen and oxygen atoms in total. The second kappa shape index (κ2) is 4.00. The largest absolute Gasteiger partial charge is 0.424 e. The van der Waals surface area contributed by atoms with Crippen molar-refractivity contribution in [1.29, 1.82) is 0 Å². The van der Waals surface area contributed by atoms with E-state index in [1.165, 1.54) is 6.08 Å². The highest BCUT2D eigenvalue weighted by Gasteiger charge is 2.39. The predicted octanol–water partition coefficient (Wildman–Crippen LogP) is 2.13. The zero-order valence-corrected chi connectivity index (χ0v) is 9.58. The lowest BCUT2D eigenvalue weighted by Gasteiger charge is -2.15. The van der Waals surface area contributed by atoms with E-state index in [-0.39, 0.29) is 24.1 Å². The van der Waals surface area contributed by atoms with Crippen molar-refractivity contribution in [3.05, 3.63) is 48.3 Å². The van der Waals surface area contributed by atoms with Crippen LogP contribution in [0.15, 0.2) is 48.3 Å². The molecule has 4 unspecified atom stereocenters. The number of rotatable bonds is 1. The molecule has 3 aliphatic heterocycles. The number of allylic oxidation sites excluding steroid dienone is 3. The maximum Gasteiger partial charge on any atom is 0.336 e. The molecule has 88 valence electrons. The first-order chi connectivity index (χ1) is 8.24. The SMILES string of the molecule is CC1C2C=CC=CC(O2)C1C=C1C=CC(=O)O1. The third-order valence-electron chi connectivity index (χ3n) is 3.49. The maximum absolute atomic E-state index is 11.0. The molecule has 0 saturated carbocycles. The zero-order chi connectivity index (χ0) is 11.8. The Morgan fingerprint density at radius 3 is 2.65 bits per heavy atom. The van der Waals surface area contributed by atoms with Crippen LogP contribution in [0.4, 0.5) is 0 Å². The van der Waals surface area contributed by atoms with Gasteiger partial charge in [0.15, 0.2) is 0 Å². The lowest BCUT2D eigenvalue weighted by molar-refractivity contribution is -0.132. The van der Waals surface area contributed by atoms with Crippen LogP contribution in [-0.2, 0) is 14.3 Å². The van der Waals surface area contributed by atoms with Gasteiger partial charge in [-0.15, -0.1) is 0 Å². The summed E-state index contributed by atoms with van der Waals surface area (Å²) in [4.78, 5) is 11.0. The van der Waals surface area contributed by atoms with E-state index in [2.05, 4.69) is 19.1 Å². The molecule has 1 fully saturated rings. The van der Waals surface area contributed by atoms with E-state index in [0.29, 0.717) is 11.7 Å². The van der Waals surface area contributed by atoms with E-state index >= 15 is 0 Å². The molecule has 0 amide bonds. The average Bonchev–Trinajstić information content (AvgIpc) is 2.73. The van der Waals surface area contributed by atoms with Gasteiger partial charge in [0.1, 0.15) is 5.76 Å². The van der Waals surface area contributed by atoms with Crippen LogP contribution < -0.4 is 0 Å². The van der Waals surface area contributed by atoms with E-state index in [1.54, 1.807) is 6.08 Å². The summed E-state index contributed by atoms with van der Waals surface area (Å²) in [5.74, 6) is 0.991. The van der Waals surface area contributed by atoms with Crippen LogP contribution in [0.25, 0.3) is 0 Å². The zero-order valence-electron chi connectivity index (χ0n) is 9.58. The highest BCUT2D eigenvalue weighted by atomic mass is 16.5. The predicted molar refractivity (Wildman–Crippen MR) is 62.9 cm³/mol. The number of esters is 1. The quantitative estimate of drug-likeness (QED) is 0.647. The molecule has 0 spiro atoms. The highest BCUT2D eigenvalue weighted by molar-refractivity contribution is 5.86. The van der Waals surface area contributed by atoms with E-state index in [0.717, 1.165) is 0 Å². The second-order valence-corrected chi connectivity index (χ2v) is 4.60. The normalized spacial score (nSPS) is 41.0. The molecule has 0 N–H and O–H groups in total. The van der Waals surface area contributed by atoms with Crippen LogP contribution in [0.3, 0.4) is 0 Å². The van der Waals surface area contributed by atoms with E-state index in [1.807, 2.05) is 18.2 Å². The fourth-order valence-electron chi connectivity index (χ4n) is 2.52. The van der Waals surface area contributed by atoms with Crippen LogP contribution in [0.2, 0.25) is 0 Å². The molecule has 3 rings (SSSR count). The number of ether oxygens (including phenoxy) is 2. The first-order valence-electron chi connectivity index (χ1n) is 5.86. The molecule has 2 bridgehead atoms. The molecule has 17 heavy (non-hydrogen) atoms. The van der Waals surface area contributed by atoms with Gasteiger partial charge in [0.25, 0.3) is 0 Å². The summed E-state index contributed by atoms with van der Waals surface area (Å²) in [5, 5.41) is 0. The minimum Gasteiger partial charge on any atom is -0.424 e. The Balaban J connectivity index is 1.84. The van der Waals surface area contributed by atoms with Gasteiger partial charge in [-0.3, -0.25) is 0 Å². The summed E-state index contributed by atoms with van der Waals surface area (Å²) in [6.45, 7) is 2.16. The van der Waals surface area contributed by atoms with Gasteiger partial charge in [0.05, 0.1) is 12.2 Å². The molecule has 1 saturated heterocycles. The second-order valence-electron chi connectivity index (χ2n) is 4.60. The minimum atomic E-state index is -0.293. The van der Waals surface area contributed by atoms with Crippen molar-refractivity contribution < 1.29 is 14.3 Å². The van der Waals surface area contributed by atoms with Gasteiger partial charge in [0.2, 0.25) is 0 Å².